The molecule has 7 nitrogen and oxygen atoms in total. The van der Waals surface area contributed by atoms with E-state index >= 15 is 0 Å². The van der Waals surface area contributed by atoms with Crippen LogP contribution in [0.5, 0.6) is 0 Å². The summed E-state index contributed by atoms with van der Waals surface area (Å²) < 4.78 is 6.27. The number of carbonyl (C=O) groups excluding carboxylic acids is 1. The number of nitrogens with zero attached hydrogens (tertiary/aromatic N) is 3. The molecule has 0 aliphatic heterocycles. The molecule has 21 heavy (non-hydrogen) atoms. The normalized spacial score (nSPS) is 15.4. The van der Waals surface area contributed by atoms with Crippen molar-refractivity contribution in [2.24, 2.45) is 0 Å². The highest BCUT2D eigenvalue weighted by molar-refractivity contribution is 5.99. The fraction of sp³-hybridized carbons (Fsp3) is 0.643. The molecule has 0 bridgehead atoms. The third-order valence-electron chi connectivity index (χ3n) is 3.76. The van der Waals surface area contributed by atoms with Crippen molar-refractivity contribution in [3.63, 3.8) is 0 Å². The standard InChI is InChI=1S/C14H21N5O2/c1-21-14(20)11-12(16)19(9-5-8-15)18-13(11)17-10-6-3-2-4-7-10/h10H,2-7,9,16H2,1H3,(H,17,18). The van der Waals surface area contributed by atoms with E-state index in [2.05, 4.69) is 10.4 Å². The molecule has 1 aromatic heterocycles. The quantitative estimate of drug-likeness (QED) is 0.803. The number of rotatable bonds is 5. The molecule has 2 rings (SSSR count). The van der Waals surface area contributed by atoms with Crippen LogP contribution in [-0.2, 0) is 11.3 Å². The maximum atomic E-state index is 11.9. The van der Waals surface area contributed by atoms with Gasteiger partial charge >= 0.3 is 5.97 Å². The fourth-order valence-electron chi connectivity index (χ4n) is 2.65. The van der Waals surface area contributed by atoms with Crippen molar-refractivity contribution in [2.45, 2.75) is 51.1 Å². The highest BCUT2D eigenvalue weighted by Crippen LogP contribution is 2.27. The summed E-state index contributed by atoms with van der Waals surface area (Å²) in [5, 5.41) is 16.3. The Morgan fingerprint density at radius 2 is 2.24 bits per heavy atom. The average Bonchev–Trinajstić information content (AvgIpc) is 2.81. The minimum atomic E-state index is -0.506. The van der Waals surface area contributed by atoms with Crippen LogP contribution in [-0.4, -0.2) is 28.9 Å². The van der Waals surface area contributed by atoms with Crippen molar-refractivity contribution >= 4 is 17.6 Å². The number of carbonyl (C=O) groups is 1. The van der Waals surface area contributed by atoms with Crippen LogP contribution in [0.4, 0.5) is 11.6 Å². The van der Waals surface area contributed by atoms with Gasteiger partial charge in [-0.05, 0) is 12.8 Å². The second-order valence-electron chi connectivity index (χ2n) is 5.21. The van der Waals surface area contributed by atoms with Gasteiger partial charge in [-0.25, -0.2) is 9.48 Å². The summed E-state index contributed by atoms with van der Waals surface area (Å²) in [4.78, 5) is 11.9. The van der Waals surface area contributed by atoms with Gasteiger partial charge in [0.25, 0.3) is 0 Å². The summed E-state index contributed by atoms with van der Waals surface area (Å²) >= 11 is 0. The molecule has 1 aliphatic carbocycles. The van der Waals surface area contributed by atoms with E-state index in [-0.39, 0.29) is 17.8 Å². The lowest BCUT2D eigenvalue weighted by molar-refractivity contribution is 0.0603. The first-order valence-corrected chi connectivity index (χ1v) is 7.25. The third-order valence-corrected chi connectivity index (χ3v) is 3.76. The molecular formula is C14H21N5O2. The lowest BCUT2D eigenvalue weighted by Crippen LogP contribution is -2.23. The van der Waals surface area contributed by atoms with Crippen molar-refractivity contribution in [3.8, 4) is 6.07 Å². The van der Waals surface area contributed by atoms with Crippen molar-refractivity contribution in [1.82, 2.24) is 9.78 Å². The number of ether oxygens (including phenoxy) is 1. The largest absolute Gasteiger partial charge is 0.465 e. The smallest absolute Gasteiger partial charge is 0.345 e. The monoisotopic (exact) mass is 291 g/mol. The topological polar surface area (TPSA) is 106 Å². The molecule has 0 saturated heterocycles. The second kappa shape index (κ2) is 6.97. The fourth-order valence-corrected chi connectivity index (χ4v) is 2.65. The van der Waals surface area contributed by atoms with Crippen LogP contribution in [0.25, 0.3) is 0 Å². The van der Waals surface area contributed by atoms with Crippen molar-refractivity contribution in [2.75, 3.05) is 18.2 Å². The van der Waals surface area contributed by atoms with Crippen LogP contribution in [0.3, 0.4) is 0 Å². The number of methoxy groups -OCH3 is 1. The maximum absolute atomic E-state index is 11.9. The van der Waals surface area contributed by atoms with E-state index in [1.165, 1.54) is 31.1 Å². The highest BCUT2D eigenvalue weighted by Gasteiger charge is 2.25. The molecule has 1 saturated carbocycles. The Kier molecular flexibility index (Phi) is 5.04. The van der Waals surface area contributed by atoms with E-state index < -0.39 is 5.97 Å². The van der Waals surface area contributed by atoms with Crippen LogP contribution in [0.1, 0.15) is 48.9 Å². The summed E-state index contributed by atoms with van der Waals surface area (Å²) in [5.74, 6) is 0.202. The zero-order chi connectivity index (χ0) is 15.2. The summed E-state index contributed by atoms with van der Waals surface area (Å²) in [6.45, 7) is 0.360. The van der Waals surface area contributed by atoms with Gasteiger partial charge in [0.2, 0.25) is 0 Å². The minimum Gasteiger partial charge on any atom is -0.465 e. The molecule has 114 valence electrons. The van der Waals surface area contributed by atoms with Crippen LogP contribution >= 0.6 is 0 Å². The Labute approximate surface area is 124 Å². The first kappa shape index (κ1) is 15.2. The Morgan fingerprint density at radius 1 is 1.52 bits per heavy atom. The summed E-state index contributed by atoms with van der Waals surface area (Å²) in [5.41, 5.74) is 6.24. The number of aromatic nitrogens is 2. The minimum absolute atomic E-state index is 0.246. The molecule has 0 radical (unpaired) electrons. The number of aryl methyl sites for hydroxylation is 1. The lowest BCUT2D eigenvalue weighted by Gasteiger charge is -2.22. The van der Waals surface area contributed by atoms with E-state index in [1.807, 2.05) is 6.07 Å². The number of esters is 1. The molecule has 1 heterocycles. The number of hydrogen-bond donors (Lipinski definition) is 2. The van der Waals surface area contributed by atoms with Crippen LogP contribution in [0.2, 0.25) is 0 Å². The molecule has 0 atom stereocenters. The Balaban J connectivity index is 2.24. The van der Waals surface area contributed by atoms with E-state index in [4.69, 9.17) is 15.7 Å². The number of anilines is 2. The van der Waals surface area contributed by atoms with Gasteiger partial charge in [0.05, 0.1) is 26.1 Å². The Bertz CT molecular complexity index is 540. The zero-order valence-corrected chi connectivity index (χ0v) is 12.3. The predicted molar refractivity (Wildman–Crippen MR) is 78.7 cm³/mol. The number of nitriles is 1. The third kappa shape index (κ3) is 3.45. The molecule has 1 aromatic rings. The lowest BCUT2D eigenvalue weighted by atomic mass is 9.95. The maximum Gasteiger partial charge on any atom is 0.345 e. The van der Waals surface area contributed by atoms with Gasteiger partial charge < -0.3 is 15.8 Å². The van der Waals surface area contributed by atoms with Gasteiger partial charge in [0.1, 0.15) is 11.4 Å². The zero-order valence-electron chi connectivity index (χ0n) is 12.3. The van der Waals surface area contributed by atoms with Crippen molar-refractivity contribution < 1.29 is 9.53 Å². The van der Waals surface area contributed by atoms with Crippen LogP contribution in [0.15, 0.2) is 0 Å². The van der Waals surface area contributed by atoms with Crippen molar-refractivity contribution in [3.05, 3.63) is 5.56 Å². The van der Waals surface area contributed by atoms with Gasteiger partial charge in [0.15, 0.2) is 5.82 Å². The molecule has 0 aromatic carbocycles. The van der Waals surface area contributed by atoms with Gasteiger partial charge in [0, 0.05) is 6.04 Å². The molecule has 0 spiro atoms. The highest BCUT2D eigenvalue weighted by atomic mass is 16.5. The number of nitrogen functional groups attached to an aromatic ring is 1. The van der Waals surface area contributed by atoms with Crippen LogP contribution < -0.4 is 11.1 Å². The molecule has 3 N–H and O–H groups in total. The SMILES string of the molecule is COC(=O)c1c(NC2CCCCC2)nn(CCC#N)c1N. The molecule has 1 aliphatic rings. The molecule has 1 fully saturated rings. The number of nitrogens with two attached hydrogens (primary N) is 1. The van der Waals surface area contributed by atoms with Gasteiger partial charge in [-0.3, -0.25) is 0 Å². The predicted octanol–water partition coefficient (Wildman–Crippen LogP) is 1.91. The van der Waals surface area contributed by atoms with Gasteiger partial charge in [-0.2, -0.15) is 10.4 Å². The average molecular weight is 291 g/mol. The molecule has 0 unspecified atom stereocenters. The van der Waals surface area contributed by atoms with E-state index in [0.29, 0.717) is 18.4 Å². The Hall–Kier alpha value is -2.23. The number of hydrogen-bond acceptors (Lipinski definition) is 6. The number of nitrogens with one attached hydrogen (secondary N) is 1. The van der Waals surface area contributed by atoms with E-state index in [9.17, 15) is 4.79 Å². The molecular weight excluding hydrogens is 270 g/mol. The van der Waals surface area contributed by atoms with E-state index in [1.54, 1.807) is 0 Å². The first-order valence-electron chi connectivity index (χ1n) is 7.25. The Morgan fingerprint density at radius 3 is 2.86 bits per heavy atom. The summed E-state index contributed by atoms with van der Waals surface area (Å²) in [6.07, 6.45) is 6.01. The summed E-state index contributed by atoms with van der Waals surface area (Å²) in [7, 11) is 1.32. The van der Waals surface area contributed by atoms with Crippen LogP contribution in [0, 0.1) is 11.3 Å². The van der Waals surface area contributed by atoms with Crippen molar-refractivity contribution in [1.29, 1.82) is 5.26 Å². The molecule has 7 heteroatoms. The first-order chi connectivity index (χ1) is 10.2. The molecule has 0 amide bonds. The van der Waals surface area contributed by atoms with Gasteiger partial charge in [-0.1, -0.05) is 19.3 Å². The van der Waals surface area contributed by atoms with Gasteiger partial charge in [-0.15, -0.1) is 0 Å². The van der Waals surface area contributed by atoms with E-state index in [0.717, 1.165) is 12.8 Å². The summed E-state index contributed by atoms with van der Waals surface area (Å²) in [6, 6.07) is 2.35. The second-order valence-corrected chi connectivity index (χ2v) is 5.21.